The molecule has 1 aliphatic rings. The Labute approximate surface area is 204 Å². The van der Waals surface area contributed by atoms with Crippen molar-refractivity contribution in [1.82, 2.24) is 0 Å². The highest BCUT2D eigenvalue weighted by Gasteiger charge is 2.31. The minimum atomic E-state index is -0.562. The second-order valence-electron chi connectivity index (χ2n) is 7.99. The monoisotopic (exact) mass is 470 g/mol. The highest BCUT2D eigenvalue weighted by Crippen LogP contribution is 2.44. The van der Waals surface area contributed by atoms with E-state index in [1.54, 1.807) is 42.5 Å². The first kappa shape index (κ1) is 23.7. The summed E-state index contributed by atoms with van der Waals surface area (Å²) in [5, 5.41) is 9.83. The molecule has 0 saturated carbocycles. The second-order valence-corrected chi connectivity index (χ2v) is 7.99. The molecule has 4 rings (SSSR count). The fourth-order valence-electron chi connectivity index (χ4n) is 3.94. The lowest BCUT2D eigenvalue weighted by Crippen LogP contribution is -2.21. The van der Waals surface area contributed by atoms with Crippen molar-refractivity contribution in [2.24, 2.45) is 5.73 Å². The van der Waals surface area contributed by atoms with E-state index in [0.717, 1.165) is 29.7 Å². The number of carbonyl (C=O) groups excluding carboxylic acids is 1. The lowest BCUT2D eigenvalue weighted by molar-refractivity contribution is 0.0731. The number of unbranched alkanes of at least 4 members (excludes halogenated alkanes) is 1. The maximum atomic E-state index is 12.7. The number of esters is 1. The van der Waals surface area contributed by atoms with E-state index < -0.39 is 11.9 Å². The molecule has 2 N–H and O–H groups in total. The summed E-state index contributed by atoms with van der Waals surface area (Å²) < 4.78 is 22.4. The van der Waals surface area contributed by atoms with Gasteiger partial charge in [-0.15, -0.1) is 0 Å². The molecular formula is C28H26N2O5. The molecule has 0 amide bonds. The van der Waals surface area contributed by atoms with Crippen molar-refractivity contribution >= 4 is 5.97 Å². The minimum absolute atomic E-state index is 0.00973. The van der Waals surface area contributed by atoms with Crippen molar-refractivity contribution in [2.75, 3.05) is 13.7 Å². The van der Waals surface area contributed by atoms with Gasteiger partial charge in [-0.05, 0) is 42.3 Å². The Morgan fingerprint density at radius 2 is 1.91 bits per heavy atom. The molecule has 3 aromatic rings. The number of hydrogen-bond donors (Lipinski definition) is 1. The van der Waals surface area contributed by atoms with E-state index in [1.165, 1.54) is 7.11 Å². The predicted molar refractivity (Wildman–Crippen MR) is 131 cm³/mol. The van der Waals surface area contributed by atoms with Crippen LogP contribution in [0.5, 0.6) is 23.0 Å². The number of ether oxygens (including phenoxy) is 4. The first-order valence-corrected chi connectivity index (χ1v) is 11.3. The van der Waals surface area contributed by atoms with Gasteiger partial charge in [0.1, 0.15) is 40.2 Å². The van der Waals surface area contributed by atoms with Crippen LogP contribution >= 0.6 is 0 Å². The number of para-hydroxylation sites is 1. The Morgan fingerprint density at radius 1 is 1.09 bits per heavy atom. The van der Waals surface area contributed by atoms with Gasteiger partial charge in [0.2, 0.25) is 5.88 Å². The van der Waals surface area contributed by atoms with Crippen molar-refractivity contribution in [3.8, 4) is 29.1 Å². The molecule has 3 aromatic carbocycles. The summed E-state index contributed by atoms with van der Waals surface area (Å²) in [5.74, 6) is 0.833. The number of allylic oxidation sites excluding steroid dienone is 1. The van der Waals surface area contributed by atoms with Crippen LogP contribution in [0.25, 0.3) is 0 Å². The van der Waals surface area contributed by atoms with Crippen LogP contribution in [0, 0.1) is 11.3 Å². The fraction of sp³-hybridized carbons (Fsp3) is 0.214. The first-order valence-electron chi connectivity index (χ1n) is 11.3. The third kappa shape index (κ3) is 5.07. The van der Waals surface area contributed by atoms with Gasteiger partial charge in [0, 0.05) is 11.6 Å². The number of carbonyl (C=O) groups is 1. The van der Waals surface area contributed by atoms with E-state index in [1.807, 2.05) is 24.3 Å². The zero-order valence-corrected chi connectivity index (χ0v) is 19.6. The lowest BCUT2D eigenvalue weighted by Gasteiger charge is -2.27. The molecule has 1 atom stereocenters. The van der Waals surface area contributed by atoms with Crippen LogP contribution in [0.15, 0.2) is 78.2 Å². The second kappa shape index (κ2) is 10.7. The molecule has 0 fully saturated rings. The van der Waals surface area contributed by atoms with Crippen molar-refractivity contribution in [3.05, 3.63) is 94.9 Å². The number of nitrogens with two attached hydrogens (primary N) is 1. The molecule has 0 saturated heterocycles. The van der Waals surface area contributed by atoms with Crippen molar-refractivity contribution in [2.45, 2.75) is 25.7 Å². The molecule has 1 unspecified atom stereocenters. The van der Waals surface area contributed by atoms with E-state index in [-0.39, 0.29) is 11.6 Å². The Bertz CT molecular complexity index is 1310. The van der Waals surface area contributed by atoms with E-state index in [4.69, 9.17) is 24.7 Å². The van der Waals surface area contributed by atoms with Gasteiger partial charge in [-0.2, -0.15) is 5.26 Å². The highest BCUT2D eigenvalue weighted by molar-refractivity contribution is 5.94. The molecule has 0 radical (unpaired) electrons. The molecule has 0 bridgehead atoms. The average Bonchev–Trinajstić information content (AvgIpc) is 2.88. The molecule has 0 spiro atoms. The highest BCUT2D eigenvalue weighted by atomic mass is 16.5. The molecule has 0 aliphatic carbocycles. The molecular weight excluding hydrogens is 444 g/mol. The SMILES string of the molecule is CCCCOc1cccc(C2C(C#N)=C(N)Oc3cc(OC(=O)c4ccccc4OC)ccc32)c1. The number of methoxy groups -OCH3 is 1. The van der Waals surface area contributed by atoms with Gasteiger partial charge in [-0.25, -0.2) is 4.79 Å². The first-order chi connectivity index (χ1) is 17.0. The third-order valence-electron chi connectivity index (χ3n) is 5.69. The summed E-state index contributed by atoms with van der Waals surface area (Å²) >= 11 is 0. The van der Waals surface area contributed by atoms with Gasteiger partial charge in [-0.1, -0.05) is 43.7 Å². The van der Waals surface area contributed by atoms with Crippen molar-refractivity contribution in [1.29, 1.82) is 5.26 Å². The molecule has 1 heterocycles. The molecule has 35 heavy (non-hydrogen) atoms. The number of rotatable bonds is 8. The third-order valence-corrected chi connectivity index (χ3v) is 5.69. The lowest BCUT2D eigenvalue weighted by atomic mass is 9.83. The minimum Gasteiger partial charge on any atom is -0.496 e. The summed E-state index contributed by atoms with van der Waals surface area (Å²) in [4.78, 5) is 12.7. The largest absolute Gasteiger partial charge is 0.496 e. The molecule has 178 valence electrons. The van der Waals surface area contributed by atoms with Crippen molar-refractivity contribution in [3.63, 3.8) is 0 Å². The maximum Gasteiger partial charge on any atom is 0.347 e. The summed E-state index contributed by atoms with van der Waals surface area (Å²) in [5.41, 5.74) is 8.32. The normalized spacial score (nSPS) is 14.4. The van der Waals surface area contributed by atoms with Crippen LogP contribution in [0.1, 0.15) is 47.2 Å². The Balaban J connectivity index is 1.65. The van der Waals surface area contributed by atoms with E-state index in [2.05, 4.69) is 13.0 Å². The van der Waals surface area contributed by atoms with Crippen LogP contribution < -0.4 is 24.7 Å². The summed E-state index contributed by atoms with van der Waals surface area (Å²) in [6.45, 7) is 2.72. The average molecular weight is 471 g/mol. The number of nitrogens with zero attached hydrogens (tertiary/aromatic N) is 1. The van der Waals surface area contributed by atoms with Crippen LogP contribution in [0.3, 0.4) is 0 Å². The Kier molecular flexibility index (Phi) is 7.22. The molecule has 1 aliphatic heterocycles. The zero-order valence-electron chi connectivity index (χ0n) is 19.6. The van der Waals surface area contributed by atoms with Gasteiger partial charge in [0.15, 0.2) is 0 Å². The topological polar surface area (TPSA) is 104 Å². The van der Waals surface area contributed by atoms with E-state index in [9.17, 15) is 10.1 Å². The zero-order chi connectivity index (χ0) is 24.8. The quantitative estimate of drug-likeness (QED) is 0.270. The maximum absolute atomic E-state index is 12.7. The summed E-state index contributed by atoms with van der Waals surface area (Å²) in [6.07, 6.45) is 1.99. The Hall–Kier alpha value is -4.44. The van der Waals surface area contributed by atoms with Gasteiger partial charge < -0.3 is 24.7 Å². The van der Waals surface area contributed by atoms with E-state index in [0.29, 0.717) is 29.2 Å². The van der Waals surface area contributed by atoms with Crippen LogP contribution in [0.2, 0.25) is 0 Å². The van der Waals surface area contributed by atoms with Crippen LogP contribution in [-0.4, -0.2) is 19.7 Å². The van der Waals surface area contributed by atoms with Crippen molar-refractivity contribution < 1.29 is 23.7 Å². The number of nitriles is 1. The number of fused-ring (bicyclic) bond motifs is 1. The molecule has 7 nitrogen and oxygen atoms in total. The fourth-order valence-corrected chi connectivity index (χ4v) is 3.94. The van der Waals surface area contributed by atoms with Gasteiger partial charge in [0.05, 0.1) is 19.6 Å². The summed E-state index contributed by atoms with van der Waals surface area (Å²) in [7, 11) is 1.49. The number of hydrogen-bond acceptors (Lipinski definition) is 7. The van der Waals surface area contributed by atoms with E-state index >= 15 is 0 Å². The van der Waals surface area contributed by atoms with Gasteiger partial charge in [-0.3, -0.25) is 0 Å². The van der Waals surface area contributed by atoms with Gasteiger partial charge in [0.25, 0.3) is 0 Å². The van der Waals surface area contributed by atoms with Crippen LogP contribution in [0.4, 0.5) is 0 Å². The van der Waals surface area contributed by atoms with Crippen LogP contribution in [-0.2, 0) is 0 Å². The number of benzene rings is 3. The predicted octanol–water partition coefficient (Wildman–Crippen LogP) is 5.31. The van der Waals surface area contributed by atoms with Gasteiger partial charge >= 0.3 is 5.97 Å². The summed E-state index contributed by atoms with van der Waals surface area (Å²) in [6, 6.07) is 21.7. The smallest absolute Gasteiger partial charge is 0.347 e. The standard InChI is InChI=1S/C28H26N2O5/c1-3-4-14-33-19-9-7-8-18(15-19)26-21-13-12-20(16-25(21)35-27(30)23(26)17-29)34-28(31)22-10-5-6-11-24(22)32-2/h5-13,15-16,26H,3-4,14,30H2,1-2H3. The molecule has 0 aromatic heterocycles. The molecule has 7 heteroatoms. The Morgan fingerprint density at radius 3 is 2.69 bits per heavy atom.